The Labute approximate surface area is 172 Å². The van der Waals surface area contributed by atoms with E-state index in [4.69, 9.17) is 9.47 Å². The summed E-state index contributed by atoms with van der Waals surface area (Å²) in [6.45, 7) is 12.7. The fourth-order valence-electron chi connectivity index (χ4n) is 3.17. The lowest BCUT2D eigenvalue weighted by molar-refractivity contribution is -0.132. The van der Waals surface area contributed by atoms with Gasteiger partial charge in [0.2, 0.25) is 0 Å². The number of nitrogens with zero attached hydrogens (tertiary/aromatic N) is 1. The van der Waals surface area contributed by atoms with Gasteiger partial charge in [-0.2, -0.15) is 0 Å². The minimum absolute atomic E-state index is 0.00570. The monoisotopic (exact) mass is 403 g/mol. The molecule has 2 rings (SSSR count). The fourth-order valence-corrected chi connectivity index (χ4v) is 3.17. The van der Waals surface area contributed by atoms with Crippen LogP contribution in [0.4, 0.5) is 4.79 Å². The lowest BCUT2D eigenvalue weighted by atomic mass is 10.1. The summed E-state index contributed by atoms with van der Waals surface area (Å²) in [4.78, 5) is 29.2. The van der Waals surface area contributed by atoms with Gasteiger partial charge in [0.15, 0.2) is 6.61 Å². The van der Waals surface area contributed by atoms with Crippen molar-refractivity contribution in [3.63, 3.8) is 0 Å². The predicted molar refractivity (Wildman–Crippen MR) is 114 cm³/mol. The standard InChI is InChI=1S/C22H33N3O4/c1-7-25(8-2)19(26)14-28-18-11-9-10-17-16(13-23-20(17)18)12-15(3)24-21(27)29-22(4,5)6/h9-11,13,15,23H,7-8,12,14H2,1-6H3,(H,24,27). The van der Waals surface area contributed by atoms with E-state index in [0.717, 1.165) is 16.5 Å². The van der Waals surface area contributed by atoms with E-state index in [9.17, 15) is 9.59 Å². The lowest BCUT2D eigenvalue weighted by Gasteiger charge is -2.21. The number of benzene rings is 1. The normalized spacial score (nSPS) is 12.5. The first-order valence-corrected chi connectivity index (χ1v) is 10.1. The summed E-state index contributed by atoms with van der Waals surface area (Å²) >= 11 is 0. The third-order valence-electron chi connectivity index (χ3n) is 4.52. The number of aromatic nitrogens is 1. The van der Waals surface area contributed by atoms with Crippen molar-refractivity contribution in [1.29, 1.82) is 0 Å². The van der Waals surface area contributed by atoms with E-state index < -0.39 is 11.7 Å². The highest BCUT2D eigenvalue weighted by molar-refractivity contribution is 5.89. The summed E-state index contributed by atoms with van der Waals surface area (Å²) in [7, 11) is 0. The van der Waals surface area contributed by atoms with Crippen molar-refractivity contribution in [2.24, 2.45) is 0 Å². The topological polar surface area (TPSA) is 83.7 Å². The summed E-state index contributed by atoms with van der Waals surface area (Å²) in [5, 5.41) is 3.87. The molecule has 1 aromatic carbocycles. The fraction of sp³-hybridized carbons (Fsp3) is 0.545. The van der Waals surface area contributed by atoms with Crippen LogP contribution in [-0.2, 0) is 16.0 Å². The number of carbonyl (C=O) groups is 2. The van der Waals surface area contributed by atoms with Gasteiger partial charge in [-0.05, 0) is 59.6 Å². The number of fused-ring (bicyclic) bond motifs is 1. The van der Waals surface area contributed by atoms with Crippen LogP contribution in [0.3, 0.4) is 0 Å². The van der Waals surface area contributed by atoms with Crippen molar-refractivity contribution in [3.05, 3.63) is 30.0 Å². The second kappa shape index (κ2) is 9.67. The van der Waals surface area contributed by atoms with Crippen molar-refractivity contribution in [2.75, 3.05) is 19.7 Å². The molecule has 2 N–H and O–H groups in total. The van der Waals surface area contributed by atoms with Gasteiger partial charge in [-0.3, -0.25) is 4.79 Å². The maximum absolute atomic E-state index is 12.2. The molecule has 0 spiro atoms. The molecular weight excluding hydrogens is 370 g/mol. The van der Waals surface area contributed by atoms with Gasteiger partial charge < -0.3 is 24.7 Å². The Bertz CT molecular complexity index is 834. The highest BCUT2D eigenvalue weighted by Crippen LogP contribution is 2.28. The first-order valence-electron chi connectivity index (χ1n) is 10.1. The van der Waals surface area contributed by atoms with E-state index in [-0.39, 0.29) is 18.6 Å². The van der Waals surface area contributed by atoms with Crippen LogP contribution in [0.1, 0.15) is 47.1 Å². The van der Waals surface area contributed by atoms with Crippen molar-refractivity contribution >= 4 is 22.9 Å². The van der Waals surface area contributed by atoms with Gasteiger partial charge in [-0.15, -0.1) is 0 Å². The molecule has 0 aliphatic heterocycles. The maximum Gasteiger partial charge on any atom is 0.407 e. The van der Waals surface area contributed by atoms with E-state index in [0.29, 0.717) is 25.3 Å². The number of H-pyrrole nitrogens is 1. The number of para-hydroxylation sites is 1. The van der Waals surface area contributed by atoms with Gasteiger partial charge in [0, 0.05) is 30.7 Å². The molecular formula is C22H33N3O4. The van der Waals surface area contributed by atoms with Gasteiger partial charge in [-0.1, -0.05) is 12.1 Å². The molecule has 1 aromatic heterocycles. The van der Waals surface area contributed by atoms with Crippen molar-refractivity contribution in [1.82, 2.24) is 15.2 Å². The first-order chi connectivity index (χ1) is 13.6. The Hall–Kier alpha value is -2.70. The molecule has 1 heterocycles. The number of nitrogens with one attached hydrogen (secondary N) is 2. The number of hydrogen-bond acceptors (Lipinski definition) is 4. The Morgan fingerprint density at radius 3 is 2.52 bits per heavy atom. The van der Waals surface area contributed by atoms with Gasteiger partial charge in [-0.25, -0.2) is 4.79 Å². The first kappa shape index (κ1) is 22.6. The summed E-state index contributed by atoms with van der Waals surface area (Å²) < 4.78 is 11.1. The molecule has 0 aliphatic rings. The maximum atomic E-state index is 12.2. The molecule has 0 fully saturated rings. The van der Waals surface area contributed by atoms with Crippen molar-refractivity contribution in [3.8, 4) is 5.75 Å². The van der Waals surface area contributed by atoms with E-state index in [1.165, 1.54) is 0 Å². The van der Waals surface area contributed by atoms with Crippen LogP contribution in [0.15, 0.2) is 24.4 Å². The minimum atomic E-state index is -0.528. The third kappa shape index (κ3) is 6.41. The van der Waals surface area contributed by atoms with Gasteiger partial charge in [0.1, 0.15) is 11.4 Å². The zero-order valence-corrected chi connectivity index (χ0v) is 18.3. The summed E-state index contributed by atoms with van der Waals surface area (Å²) in [5.41, 5.74) is 1.38. The number of likely N-dealkylation sites (N-methyl/N-ethyl adjacent to an activating group) is 1. The van der Waals surface area contributed by atoms with Gasteiger partial charge in [0.05, 0.1) is 5.52 Å². The summed E-state index contributed by atoms with van der Waals surface area (Å²) in [5.74, 6) is 0.607. The number of alkyl carbamates (subject to hydrolysis) is 1. The molecule has 0 saturated heterocycles. The van der Waals surface area contributed by atoms with E-state index in [2.05, 4.69) is 10.3 Å². The molecule has 1 unspecified atom stereocenters. The summed E-state index contributed by atoms with van der Waals surface area (Å²) in [6.07, 6.45) is 2.13. The molecule has 1 atom stereocenters. The minimum Gasteiger partial charge on any atom is -0.482 e. The van der Waals surface area contributed by atoms with Gasteiger partial charge in [0.25, 0.3) is 5.91 Å². The molecule has 0 bridgehead atoms. The van der Waals surface area contributed by atoms with Crippen LogP contribution in [0.25, 0.3) is 10.9 Å². The molecule has 2 aromatic rings. The Morgan fingerprint density at radius 1 is 1.21 bits per heavy atom. The lowest BCUT2D eigenvalue weighted by Crippen LogP contribution is -2.38. The number of carbonyl (C=O) groups excluding carboxylic acids is 2. The van der Waals surface area contributed by atoms with E-state index >= 15 is 0 Å². The van der Waals surface area contributed by atoms with E-state index in [1.54, 1.807) is 4.90 Å². The zero-order valence-electron chi connectivity index (χ0n) is 18.3. The van der Waals surface area contributed by atoms with Crippen LogP contribution in [0.5, 0.6) is 5.75 Å². The Kier molecular flexibility index (Phi) is 7.53. The molecule has 0 radical (unpaired) electrons. The van der Waals surface area contributed by atoms with Crippen LogP contribution in [-0.4, -0.2) is 53.2 Å². The van der Waals surface area contributed by atoms with Crippen LogP contribution < -0.4 is 10.1 Å². The van der Waals surface area contributed by atoms with E-state index in [1.807, 2.05) is 65.9 Å². The quantitative estimate of drug-likeness (QED) is 0.701. The van der Waals surface area contributed by atoms with Crippen LogP contribution in [0.2, 0.25) is 0 Å². The molecule has 0 saturated carbocycles. The van der Waals surface area contributed by atoms with Gasteiger partial charge >= 0.3 is 6.09 Å². The molecule has 7 nitrogen and oxygen atoms in total. The number of hydrogen-bond donors (Lipinski definition) is 2. The number of rotatable bonds is 8. The molecule has 29 heavy (non-hydrogen) atoms. The predicted octanol–water partition coefficient (Wildman–Crippen LogP) is 3.87. The Balaban J connectivity index is 2.05. The number of amides is 2. The van der Waals surface area contributed by atoms with Crippen molar-refractivity contribution < 1.29 is 19.1 Å². The molecule has 0 aliphatic carbocycles. The second-order valence-electron chi connectivity index (χ2n) is 8.10. The smallest absolute Gasteiger partial charge is 0.407 e. The van der Waals surface area contributed by atoms with Crippen LogP contribution in [0, 0.1) is 0 Å². The Morgan fingerprint density at radius 2 is 1.90 bits per heavy atom. The SMILES string of the molecule is CCN(CC)C(=O)COc1cccc2c(CC(C)NC(=O)OC(C)(C)C)c[nH]c12. The average molecular weight is 404 g/mol. The highest BCUT2D eigenvalue weighted by atomic mass is 16.6. The average Bonchev–Trinajstić information content (AvgIpc) is 3.02. The number of aromatic amines is 1. The number of ether oxygens (including phenoxy) is 2. The molecule has 160 valence electrons. The second-order valence-corrected chi connectivity index (χ2v) is 8.10. The third-order valence-corrected chi connectivity index (χ3v) is 4.52. The summed E-state index contributed by atoms with van der Waals surface area (Å²) in [6, 6.07) is 5.65. The largest absolute Gasteiger partial charge is 0.482 e. The van der Waals surface area contributed by atoms with Crippen LogP contribution >= 0.6 is 0 Å². The molecule has 7 heteroatoms. The molecule has 2 amide bonds. The van der Waals surface area contributed by atoms with Crippen molar-refractivity contribution in [2.45, 2.75) is 59.6 Å². The highest BCUT2D eigenvalue weighted by Gasteiger charge is 2.19. The zero-order chi connectivity index (χ0) is 21.6.